The Balaban J connectivity index is 3.23. The van der Waals surface area contributed by atoms with Crippen molar-refractivity contribution >= 4 is 15.9 Å². The Kier molecular flexibility index (Phi) is 5.41. The van der Waals surface area contributed by atoms with E-state index in [9.17, 15) is 22.0 Å². The SMILES string of the molecule is CCC(C)CN(C)C(=O)c1cc(S(N)(=O)=O)cc(F)c1F. The van der Waals surface area contributed by atoms with Crippen LogP contribution in [-0.4, -0.2) is 32.8 Å². The summed E-state index contributed by atoms with van der Waals surface area (Å²) in [6.07, 6.45) is 0.811. The summed E-state index contributed by atoms with van der Waals surface area (Å²) in [5, 5.41) is 4.88. The molecular weight excluding hydrogens is 302 g/mol. The lowest BCUT2D eigenvalue weighted by atomic mass is 10.1. The van der Waals surface area contributed by atoms with Gasteiger partial charge in [-0.3, -0.25) is 4.79 Å². The van der Waals surface area contributed by atoms with Crippen LogP contribution in [0.25, 0.3) is 0 Å². The maximum Gasteiger partial charge on any atom is 0.256 e. The molecule has 5 nitrogen and oxygen atoms in total. The van der Waals surface area contributed by atoms with Crippen molar-refractivity contribution in [1.29, 1.82) is 0 Å². The smallest absolute Gasteiger partial charge is 0.256 e. The molecular formula is C13H18F2N2O3S. The van der Waals surface area contributed by atoms with E-state index in [1.165, 1.54) is 11.9 Å². The Morgan fingerprint density at radius 1 is 1.38 bits per heavy atom. The van der Waals surface area contributed by atoms with Gasteiger partial charge in [0.1, 0.15) is 0 Å². The average molecular weight is 320 g/mol. The van der Waals surface area contributed by atoms with E-state index in [4.69, 9.17) is 5.14 Å². The Hall–Kier alpha value is -1.54. The van der Waals surface area contributed by atoms with Crippen molar-refractivity contribution in [1.82, 2.24) is 4.90 Å². The standard InChI is InChI=1S/C13H18F2N2O3S/c1-4-8(2)7-17(3)13(18)10-5-9(21(16,19)20)6-11(14)12(10)15/h5-6,8H,4,7H2,1-3H3,(H2,16,19,20). The summed E-state index contributed by atoms with van der Waals surface area (Å²) in [7, 11) is -2.79. The summed E-state index contributed by atoms with van der Waals surface area (Å²) < 4.78 is 49.7. The quantitative estimate of drug-likeness (QED) is 0.897. The first-order valence-corrected chi connectivity index (χ1v) is 7.89. The Morgan fingerprint density at radius 2 is 1.95 bits per heavy atom. The number of sulfonamides is 1. The number of hydrogen-bond donors (Lipinski definition) is 1. The van der Waals surface area contributed by atoms with E-state index in [2.05, 4.69) is 0 Å². The number of carbonyl (C=O) groups is 1. The van der Waals surface area contributed by atoms with Gasteiger partial charge in [0, 0.05) is 13.6 Å². The van der Waals surface area contributed by atoms with Gasteiger partial charge in [-0.1, -0.05) is 20.3 Å². The molecule has 1 unspecified atom stereocenters. The van der Waals surface area contributed by atoms with E-state index >= 15 is 0 Å². The third-order valence-corrected chi connectivity index (χ3v) is 4.08. The van der Waals surface area contributed by atoms with Gasteiger partial charge in [0.2, 0.25) is 10.0 Å². The highest BCUT2D eigenvalue weighted by Crippen LogP contribution is 2.19. The van der Waals surface area contributed by atoms with Crippen LogP contribution in [0.1, 0.15) is 30.6 Å². The van der Waals surface area contributed by atoms with Crippen molar-refractivity contribution in [2.24, 2.45) is 11.1 Å². The maximum atomic E-state index is 13.7. The zero-order chi connectivity index (χ0) is 16.4. The Morgan fingerprint density at radius 3 is 2.43 bits per heavy atom. The fourth-order valence-electron chi connectivity index (χ4n) is 1.77. The van der Waals surface area contributed by atoms with Crippen molar-refractivity contribution in [2.75, 3.05) is 13.6 Å². The summed E-state index contributed by atoms with van der Waals surface area (Å²) in [4.78, 5) is 12.7. The highest BCUT2D eigenvalue weighted by Gasteiger charge is 2.23. The van der Waals surface area contributed by atoms with Crippen molar-refractivity contribution in [3.63, 3.8) is 0 Å². The second-order valence-electron chi connectivity index (χ2n) is 5.01. The number of rotatable bonds is 5. The van der Waals surface area contributed by atoms with Crippen LogP contribution in [0.15, 0.2) is 17.0 Å². The number of halogens is 2. The lowest BCUT2D eigenvalue weighted by Crippen LogP contribution is -2.32. The van der Waals surface area contributed by atoms with Crippen LogP contribution >= 0.6 is 0 Å². The first-order chi connectivity index (χ1) is 9.57. The minimum absolute atomic E-state index is 0.174. The highest BCUT2D eigenvalue weighted by molar-refractivity contribution is 7.89. The zero-order valence-electron chi connectivity index (χ0n) is 12.1. The van der Waals surface area contributed by atoms with Crippen LogP contribution in [0.3, 0.4) is 0 Å². The van der Waals surface area contributed by atoms with E-state index in [0.717, 1.165) is 12.5 Å². The molecule has 0 fully saturated rings. The third kappa shape index (κ3) is 4.21. The summed E-state index contributed by atoms with van der Waals surface area (Å²) in [6.45, 7) is 4.18. The van der Waals surface area contributed by atoms with Crippen LogP contribution in [-0.2, 0) is 10.0 Å². The van der Waals surface area contributed by atoms with Gasteiger partial charge >= 0.3 is 0 Å². The van der Waals surface area contributed by atoms with E-state index in [1.807, 2.05) is 13.8 Å². The van der Waals surface area contributed by atoms with Crippen LogP contribution in [0.5, 0.6) is 0 Å². The average Bonchev–Trinajstić information content (AvgIpc) is 2.39. The number of primary sulfonamides is 1. The van der Waals surface area contributed by atoms with Crippen molar-refractivity contribution in [3.05, 3.63) is 29.3 Å². The van der Waals surface area contributed by atoms with E-state index in [0.29, 0.717) is 12.6 Å². The van der Waals surface area contributed by atoms with Gasteiger partial charge in [-0.25, -0.2) is 22.3 Å². The van der Waals surface area contributed by atoms with Gasteiger partial charge < -0.3 is 4.90 Å². The minimum atomic E-state index is -4.23. The summed E-state index contributed by atoms with van der Waals surface area (Å²) >= 11 is 0. The van der Waals surface area contributed by atoms with Crippen LogP contribution in [0, 0.1) is 17.6 Å². The van der Waals surface area contributed by atoms with Gasteiger partial charge in [-0.15, -0.1) is 0 Å². The molecule has 0 bridgehead atoms. The van der Waals surface area contributed by atoms with Crippen molar-refractivity contribution in [3.8, 4) is 0 Å². The molecule has 0 aliphatic carbocycles. The molecule has 0 spiro atoms. The normalized spacial score (nSPS) is 13.0. The lowest BCUT2D eigenvalue weighted by molar-refractivity contribution is 0.0769. The molecule has 0 saturated carbocycles. The molecule has 21 heavy (non-hydrogen) atoms. The number of benzene rings is 1. The molecule has 2 N–H and O–H groups in total. The van der Waals surface area contributed by atoms with Gasteiger partial charge in [-0.2, -0.15) is 0 Å². The number of carbonyl (C=O) groups excluding carboxylic acids is 1. The fraction of sp³-hybridized carbons (Fsp3) is 0.462. The fourth-order valence-corrected chi connectivity index (χ4v) is 2.32. The molecule has 1 rings (SSSR count). The largest absolute Gasteiger partial charge is 0.341 e. The predicted octanol–water partition coefficient (Wildman–Crippen LogP) is 1.73. The van der Waals surface area contributed by atoms with E-state index in [-0.39, 0.29) is 5.92 Å². The zero-order valence-corrected chi connectivity index (χ0v) is 12.9. The number of nitrogens with two attached hydrogens (primary N) is 1. The Bertz CT molecular complexity index is 647. The van der Waals surface area contributed by atoms with Gasteiger partial charge in [0.15, 0.2) is 11.6 Å². The van der Waals surface area contributed by atoms with Crippen LogP contribution in [0.4, 0.5) is 8.78 Å². The first kappa shape index (κ1) is 17.5. The number of hydrogen-bond acceptors (Lipinski definition) is 3. The van der Waals surface area contributed by atoms with Crippen LogP contribution in [0.2, 0.25) is 0 Å². The molecule has 1 aromatic rings. The monoisotopic (exact) mass is 320 g/mol. The summed E-state index contributed by atoms with van der Waals surface area (Å²) in [5.74, 6) is -3.43. The maximum absolute atomic E-state index is 13.7. The number of amides is 1. The molecule has 0 saturated heterocycles. The third-order valence-electron chi connectivity index (χ3n) is 3.19. The van der Waals surface area contributed by atoms with Crippen molar-refractivity contribution in [2.45, 2.75) is 25.2 Å². The van der Waals surface area contributed by atoms with Crippen LogP contribution < -0.4 is 5.14 Å². The highest BCUT2D eigenvalue weighted by atomic mass is 32.2. The molecule has 0 aliphatic heterocycles. The second kappa shape index (κ2) is 6.48. The molecule has 118 valence electrons. The van der Waals surface area contributed by atoms with E-state index in [1.54, 1.807) is 0 Å². The second-order valence-corrected chi connectivity index (χ2v) is 6.57. The molecule has 0 aliphatic rings. The molecule has 8 heteroatoms. The molecule has 0 heterocycles. The van der Waals surface area contributed by atoms with Gasteiger partial charge in [-0.05, 0) is 18.1 Å². The minimum Gasteiger partial charge on any atom is -0.341 e. The molecule has 0 radical (unpaired) electrons. The summed E-state index contributed by atoms with van der Waals surface area (Å²) in [5.41, 5.74) is -0.648. The Labute approximate surface area is 122 Å². The van der Waals surface area contributed by atoms with Gasteiger partial charge in [0.05, 0.1) is 10.5 Å². The summed E-state index contributed by atoms with van der Waals surface area (Å²) in [6, 6.07) is 1.21. The first-order valence-electron chi connectivity index (χ1n) is 6.35. The predicted molar refractivity (Wildman–Crippen MR) is 74.1 cm³/mol. The van der Waals surface area contributed by atoms with Gasteiger partial charge in [0.25, 0.3) is 5.91 Å². The van der Waals surface area contributed by atoms with E-state index < -0.39 is 38.0 Å². The molecule has 1 aromatic carbocycles. The number of nitrogens with zero attached hydrogens (tertiary/aromatic N) is 1. The van der Waals surface area contributed by atoms with Crippen molar-refractivity contribution < 1.29 is 22.0 Å². The molecule has 1 amide bonds. The lowest BCUT2D eigenvalue weighted by Gasteiger charge is -2.21. The topological polar surface area (TPSA) is 80.5 Å². The molecule has 0 aromatic heterocycles. The molecule has 1 atom stereocenters.